The first kappa shape index (κ1) is 20.8. The zero-order valence-electron chi connectivity index (χ0n) is 15.0. The van der Waals surface area contributed by atoms with Gasteiger partial charge in [0, 0.05) is 17.4 Å². The van der Waals surface area contributed by atoms with Crippen molar-refractivity contribution in [3.63, 3.8) is 0 Å². The van der Waals surface area contributed by atoms with Gasteiger partial charge in [-0.2, -0.15) is 0 Å². The Labute approximate surface area is 167 Å². The van der Waals surface area contributed by atoms with Crippen molar-refractivity contribution in [3.05, 3.63) is 54.3 Å². The topological polar surface area (TPSA) is 69.1 Å². The van der Waals surface area contributed by atoms with Gasteiger partial charge in [-0.1, -0.05) is 23.3 Å². The molecule has 0 aliphatic carbocycles. The molecule has 2 N–H and O–H groups in total. The maximum absolute atomic E-state index is 13.3. The van der Waals surface area contributed by atoms with E-state index < -0.39 is 0 Å². The maximum Gasteiger partial charge on any atom is 0.305 e. The van der Waals surface area contributed by atoms with Gasteiger partial charge >= 0.3 is 11.8 Å². The molecule has 0 saturated heterocycles. The van der Waals surface area contributed by atoms with E-state index in [1.807, 2.05) is 24.3 Å². The minimum absolute atomic E-state index is 0. The number of halogens is 2. The van der Waals surface area contributed by atoms with Gasteiger partial charge in [0.1, 0.15) is 18.1 Å². The van der Waals surface area contributed by atoms with Crippen LogP contribution in [0.1, 0.15) is 19.8 Å². The standard InChI is InChI=1S/C20H20FN3O2.BrH/c1-2-26-18(25)8-5-13-24-20(22)17-7-4-3-6-16(17)19(23-24)14-9-11-15(21)12-10-14;/h3-4,6-7,9-12,22H,2,5,8,13H2,1H3;1H. The number of anilines is 1. The van der Waals surface area contributed by atoms with Crippen LogP contribution in [0.4, 0.5) is 10.2 Å². The molecular weight excluding hydrogens is 413 g/mol. The summed E-state index contributed by atoms with van der Waals surface area (Å²) in [7, 11) is 0. The number of ether oxygens (including phenoxy) is 1. The maximum atomic E-state index is 13.3. The molecule has 5 nitrogen and oxygen atoms in total. The van der Waals surface area contributed by atoms with Crippen molar-refractivity contribution in [1.29, 1.82) is 0 Å². The van der Waals surface area contributed by atoms with E-state index in [1.165, 1.54) is 12.1 Å². The van der Waals surface area contributed by atoms with Crippen LogP contribution in [0, 0.1) is 5.82 Å². The number of hydrogen-bond acceptors (Lipinski definition) is 4. The lowest BCUT2D eigenvalue weighted by Gasteiger charge is -2.10. The van der Waals surface area contributed by atoms with E-state index >= 15 is 0 Å². The molecule has 1 aromatic heterocycles. The Morgan fingerprint density at radius 1 is 1.15 bits per heavy atom. The quantitative estimate of drug-likeness (QED) is 0.447. The van der Waals surface area contributed by atoms with Gasteiger partial charge in [-0.05, 0) is 43.7 Å². The third-order valence-electron chi connectivity index (χ3n) is 4.13. The van der Waals surface area contributed by atoms with Gasteiger partial charge in [-0.3, -0.25) is 10.5 Å². The highest BCUT2D eigenvalue weighted by atomic mass is 79.9. The number of fused-ring (bicyclic) bond motifs is 1. The number of nitrogens with two attached hydrogens (primary N) is 1. The number of rotatable bonds is 6. The largest absolute Gasteiger partial charge is 1.00 e. The van der Waals surface area contributed by atoms with Crippen LogP contribution in [-0.2, 0) is 16.1 Å². The smallest absolute Gasteiger partial charge is 0.305 e. The summed E-state index contributed by atoms with van der Waals surface area (Å²) < 4.78 is 19.9. The highest BCUT2D eigenvalue weighted by Gasteiger charge is 2.18. The van der Waals surface area contributed by atoms with Gasteiger partial charge in [0.25, 0.3) is 0 Å². The Bertz CT molecular complexity index is 932. The van der Waals surface area contributed by atoms with Crippen LogP contribution in [0.25, 0.3) is 22.0 Å². The van der Waals surface area contributed by atoms with Gasteiger partial charge in [-0.15, -0.1) is 4.68 Å². The number of carbonyl (C=O) groups excluding carboxylic acids is 1. The summed E-state index contributed by atoms with van der Waals surface area (Å²) in [6.07, 6.45) is 0.878. The number of aromatic nitrogens is 2. The lowest BCUT2D eigenvalue weighted by atomic mass is 10.0. The van der Waals surface area contributed by atoms with Crippen LogP contribution in [0.5, 0.6) is 0 Å². The minimum Gasteiger partial charge on any atom is -1.00 e. The molecule has 0 radical (unpaired) electrons. The summed E-state index contributed by atoms with van der Waals surface area (Å²) in [4.78, 5) is 11.5. The molecule has 0 amide bonds. The molecule has 142 valence electrons. The van der Waals surface area contributed by atoms with Crippen molar-refractivity contribution in [1.82, 2.24) is 5.10 Å². The Morgan fingerprint density at radius 3 is 2.48 bits per heavy atom. The van der Waals surface area contributed by atoms with Crippen molar-refractivity contribution in [2.75, 3.05) is 12.3 Å². The third-order valence-corrected chi connectivity index (χ3v) is 4.13. The first-order valence-corrected chi connectivity index (χ1v) is 8.60. The fraction of sp³-hybridized carbons (Fsp3) is 0.250. The van der Waals surface area contributed by atoms with Crippen molar-refractivity contribution in [2.24, 2.45) is 0 Å². The van der Waals surface area contributed by atoms with Crippen molar-refractivity contribution in [3.8, 4) is 11.3 Å². The number of hydrogen-bond donors (Lipinski definition) is 1. The molecule has 3 rings (SSSR count). The monoisotopic (exact) mass is 433 g/mol. The Kier molecular flexibility index (Phi) is 7.24. The van der Waals surface area contributed by atoms with Crippen LogP contribution in [0.3, 0.4) is 0 Å². The van der Waals surface area contributed by atoms with Gasteiger partial charge in [-0.25, -0.2) is 4.39 Å². The molecule has 2 aromatic carbocycles. The Hall–Kier alpha value is -2.54. The molecule has 0 atom stereocenters. The normalized spacial score (nSPS) is 10.4. The average Bonchev–Trinajstić information content (AvgIpc) is 2.65. The minimum atomic E-state index is -0.296. The number of carbonyl (C=O) groups is 1. The fourth-order valence-corrected chi connectivity index (χ4v) is 2.88. The summed E-state index contributed by atoms with van der Waals surface area (Å²) in [6, 6.07) is 13.9. The summed E-state index contributed by atoms with van der Waals surface area (Å²) >= 11 is 0. The molecule has 0 fully saturated rings. The highest BCUT2D eigenvalue weighted by molar-refractivity contribution is 5.98. The van der Waals surface area contributed by atoms with Crippen LogP contribution in [-0.4, -0.2) is 17.7 Å². The van der Waals surface area contributed by atoms with Crippen LogP contribution < -0.4 is 27.4 Å². The predicted octanol–water partition coefficient (Wildman–Crippen LogP) is 0.258. The zero-order valence-corrected chi connectivity index (χ0v) is 16.6. The summed E-state index contributed by atoms with van der Waals surface area (Å²) in [5.41, 5.74) is 7.82. The van der Waals surface area contributed by atoms with E-state index in [4.69, 9.17) is 10.5 Å². The van der Waals surface area contributed by atoms with Crippen LogP contribution >= 0.6 is 0 Å². The van der Waals surface area contributed by atoms with Crippen molar-refractivity contribution < 1.29 is 35.6 Å². The molecule has 7 heteroatoms. The molecule has 0 aliphatic rings. The highest BCUT2D eigenvalue weighted by Crippen LogP contribution is 2.28. The number of esters is 1. The number of aryl methyl sites for hydroxylation is 1. The predicted molar refractivity (Wildman–Crippen MR) is 97.6 cm³/mol. The fourth-order valence-electron chi connectivity index (χ4n) is 2.88. The number of nitrogens with zero attached hydrogens (tertiary/aromatic N) is 2. The van der Waals surface area contributed by atoms with Crippen molar-refractivity contribution in [2.45, 2.75) is 26.3 Å². The summed E-state index contributed by atoms with van der Waals surface area (Å²) in [5.74, 6) is 0.0114. The first-order valence-electron chi connectivity index (χ1n) is 8.60. The molecule has 0 spiro atoms. The summed E-state index contributed by atoms with van der Waals surface area (Å²) in [6.45, 7) is 2.64. The molecule has 1 heterocycles. The second-order valence-corrected chi connectivity index (χ2v) is 5.92. The van der Waals surface area contributed by atoms with E-state index in [-0.39, 0.29) is 28.8 Å². The molecular formula is C20H21BrFN3O2. The second-order valence-electron chi connectivity index (χ2n) is 5.92. The molecule has 0 aliphatic heterocycles. The van der Waals surface area contributed by atoms with E-state index in [9.17, 15) is 9.18 Å². The van der Waals surface area contributed by atoms with Gasteiger partial charge < -0.3 is 21.7 Å². The molecule has 0 saturated carbocycles. The van der Waals surface area contributed by atoms with E-state index in [0.717, 1.165) is 22.0 Å². The molecule has 0 unspecified atom stereocenters. The van der Waals surface area contributed by atoms with E-state index in [1.54, 1.807) is 23.7 Å². The SMILES string of the molecule is CCOC(=O)CCC[n+]1nc(-c2ccc(F)cc2)c2ccccc2c1N.[Br-]. The zero-order chi connectivity index (χ0) is 18.5. The average molecular weight is 434 g/mol. The number of benzene rings is 2. The van der Waals surface area contributed by atoms with Crippen LogP contribution in [0.2, 0.25) is 0 Å². The number of nitrogen functional groups attached to an aromatic ring is 1. The van der Waals surface area contributed by atoms with Gasteiger partial charge in [0.05, 0.1) is 12.0 Å². The summed E-state index contributed by atoms with van der Waals surface area (Å²) in [5, 5.41) is 6.43. The molecule has 0 bridgehead atoms. The van der Waals surface area contributed by atoms with E-state index in [0.29, 0.717) is 31.8 Å². The van der Waals surface area contributed by atoms with Crippen molar-refractivity contribution >= 4 is 22.6 Å². The van der Waals surface area contributed by atoms with E-state index in [2.05, 4.69) is 5.10 Å². The third kappa shape index (κ3) is 4.80. The Balaban J connectivity index is 0.00000261. The molecule has 27 heavy (non-hydrogen) atoms. The molecule has 3 aromatic rings. The van der Waals surface area contributed by atoms with Gasteiger partial charge in [0.2, 0.25) is 0 Å². The van der Waals surface area contributed by atoms with Crippen LogP contribution in [0.15, 0.2) is 48.5 Å². The lowest BCUT2D eigenvalue weighted by molar-refractivity contribution is -0.738. The second kappa shape index (κ2) is 9.41. The Morgan fingerprint density at radius 2 is 1.81 bits per heavy atom. The van der Waals surface area contributed by atoms with Gasteiger partial charge in [0.15, 0.2) is 0 Å². The lowest BCUT2D eigenvalue weighted by Crippen LogP contribution is -3.00. The first-order chi connectivity index (χ1) is 12.6.